The van der Waals surface area contributed by atoms with Gasteiger partial charge in [0.15, 0.2) is 0 Å². The highest BCUT2D eigenvalue weighted by Crippen LogP contribution is 1.88. The lowest BCUT2D eigenvalue weighted by Crippen LogP contribution is -2.43. The highest BCUT2D eigenvalue weighted by molar-refractivity contribution is 5.81. The van der Waals surface area contributed by atoms with Crippen LogP contribution in [0.1, 0.15) is 13.3 Å². The van der Waals surface area contributed by atoms with E-state index >= 15 is 0 Å². The van der Waals surface area contributed by atoms with Crippen LogP contribution in [0, 0.1) is 0 Å². The summed E-state index contributed by atoms with van der Waals surface area (Å²) in [5.41, 5.74) is 5.57. The topological polar surface area (TPSA) is 93.4 Å². The van der Waals surface area contributed by atoms with Gasteiger partial charge < -0.3 is 21.1 Å². The first-order valence-corrected chi connectivity index (χ1v) is 4.84. The second kappa shape index (κ2) is 8.19. The molecule has 0 aromatic rings. The predicted molar refractivity (Wildman–Crippen MR) is 56.2 cm³/mol. The molecule has 0 bridgehead atoms. The van der Waals surface area contributed by atoms with Gasteiger partial charge in [-0.3, -0.25) is 9.59 Å². The van der Waals surface area contributed by atoms with Gasteiger partial charge in [0.25, 0.3) is 0 Å². The summed E-state index contributed by atoms with van der Waals surface area (Å²) >= 11 is 0. The molecule has 0 radical (unpaired) electrons. The largest absolute Gasteiger partial charge is 0.385 e. The first-order chi connectivity index (χ1) is 7.07. The number of rotatable bonds is 7. The molecule has 0 aliphatic heterocycles. The van der Waals surface area contributed by atoms with Crippen molar-refractivity contribution in [2.24, 2.45) is 5.73 Å². The summed E-state index contributed by atoms with van der Waals surface area (Å²) in [4.78, 5) is 21.8. The first kappa shape index (κ1) is 13.9. The molecule has 0 saturated heterocycles. The molecular weight excluding hydrogens is 198 g/mol. The number of nitrogens with one attached hydrogen (secondary N) is 2. The van der Waals surface area contributed by atoms with Gasteiger partial charge in [0.2, 0.25) is 11.8 Å². The van der Waals surface area contributed by atoms with Crippen molar-refractivity contribution in [3.05, 3.63) is 0 Å². The Morgan fingerprint density at radius 1 is 1.33 bits per heavy atom. The van der Waals surface area contributed by atoms with Crippen LogP contribution in [0.3, 0.4) is 0 Å². The van der Waals surface area contributed by atoms with Crippen molar-refractivity contribution in [2.45, 2.75) is 19.4 Å². The summed E-state index contributed by atoms with van der Waals surface area (Å²) in [6.45, 7) is 2.68. The van der Waals surface area contributed by atoms with Gasteiger partial charge in [0, 0.05) is 33.7 Å². The zero-order chi connectivity index (χ0) is 11.7. The molecule has 4 N–H and O–H groups in total. The molecule has 0 rings (SSSR count). The summed E-state index contributed by atoms with van der Waals surface area (Å²) in [7, 11) is 1.56. The van der Waals surface area contributed by atoms with Crippen LogP contribution >= 0.6 is 0 Å². The van der Waals surface area contributed by atoms with Gasteiger partial charge in [-0.05, 0) is 6.42 Å². The van der Waals surface area contributed by atoms with Crippen molar-refractivity contribution >= 4 is 11.8 Å². The van der Waals surface area contributed by atoms with E-state index in [1.807, 2.05) is 0 Å². The molecule has 6 heteroatoms. The Morgan fingerprint density at radius 3 is 2.47 bits per heavy atom. The van der Waals surface area contributed by atoms with E-state index in [9.17, 15) is 9.59 Å². The predicted octanol–water partition coefficient (Wildman–Crippen LogP) is -1.40. The Morgan fingerprint density at radius 2 is 1.93 bits per heavy atom. The van der Waals surface area contributed by atoms with Gasteiger partial charge in [-0.25, -0.2) is 0 Å². The van der Waals surface area contributed by atoms with Crippen LogP contribution < -0.4 is 16.4 Å². The molecule has 0 aromatic heterocycles. The van der Waals surface area contributed by atoms with E-state index in [2.05, 4.69) is 10.6 Å². The quantitative estimate of drug-likeness (QED) is 0.457. The maximum absolute atomic E-state index is 11.3. The normalized spacial score (nSPS) is 11.9. The van der Waals surface area contributed by atoms with Crippen LogP contribution in [0.5, 0.6) is 0 Å². The smallest absolute Gasteiger partial charge is 0.237 e. The van der Waals surface area contributed by atoms with E-state index in [-0.39, 0.29) is 11.8 Å². The Hall–Kier alpha value is -1.14. The maximum Gasteiger partial charge on any atom is 0.237 e. The zero-order valence-electron chi connectivity index (χ0n) is 9.21. The third kappa shape index (κ3) is 7.90. The number of carbonyl (C=O) groups excluding carboxylic acids is 2. The van der Waals surface area contributed by atoms with Gasteiger partial charge in [-0.15, -0.1) is 0 Å². The van der Waals surface area contributed by atoms with Crippen molar-refractivity contribution < 1.29 is 14.3 Å². The number of ether oxygens (including phenoxy) is 1. The molecule has 0 aromatic carbocycles. The Bertz CT molecular complexity index is 209. The van der Waals surface area contributed by atoms with E-state index in [1.54, 1.807) is 7.11 Å². The number of nitrogens with two attached hydrogens (primary N) is 1. The molecule has 88 valence electrons. The van der Waals surface area contributed by atoms with Crippen LogP contribution in [0.25, 0.3) is 0 Å². The third-order valence-corrected chi connectivity index (χ3v) is 1.77. The molecular formula is C9H19N3O3. The first-order valence-electron chi connectivity index (χ1n) is 4.84. The number of carbonyl (C=O) groups is 2. The molecule has 0 aliphatic carbocycles. The minimum absolute atomic E-state index is 0.118. The summed E-state index contributed by atoms with van der Waals surface area (Å²) in [6.07, 6.45) is 0.489. The Labute approximate surface area is 89.5 Å². The molecule has 0 aliphatic rings. The SMILES string of the molecule is COCCC(N)C(=O)NCCNC(C)=O. The van der Waals surface area contributed by atoms with E-state index in [0.29, 0.717) is 26.1 Å². The van der Waals surface area contributed by atoms with Crippen molar-refractivity contribution in [3.63, 3.8) is 0 Å². The lowest BCUT2D eigenvalue weighted by atomic mass is 10.2. The van der Waals surface area contributed by atoms with Gasteiger partial charge in [0.1, 0.15) is 0 Å². The van der Waals surface area contributed by atoms with E-state index in [4.69, 9.17) is 10.5 Å². The Kier molecular flexibility index (Phi) is 7.57. The van der Waals surface area contributed by atoms with Gasteiger partial charge in [0.05, 0.1) is 6.04 Å². The maximum atomic E-state index is 11.3. The van der Waals surface area contributed by atoms with Gasteiger partial charge in [-0.2, -0.15) is 0 Å². The summed E-state index contributed by atoms with van der Waals surface area (Å²) in [5.74, 6) is -0.342. The van der Waals surface area contributed by atoms with Gasteiger partial charge in [-0.1, -0.05) is 0 Å². The monoisotopic (exact) mass is 217 g/mol. The van der Waals surface area contributed by atoms with Crippen molar-refractivity contribution in [3.8, 4) is 0 Å². The minimum atomic E-state index is -0.553. The highest BCUT2D eigenvalue weighted by Gasteiger charge is 2.11. The molecule has 0 fully saturated rings. The third-order valence-electron chi connectivity index (χ3n) is 1.77. The number of hydrogen-bond acceptors (Lipinski definition) is 4. The molecule has 2 amide bonds. The molecule has 0 heterocycles. The number of hydrogen-bond donors (Lipinski definition) is 3. The van der Waals surface area contributed by atoms with Crippen molar-refractivity contribution in [1.82, 2.24) is 10.6 Å². The molecule has 1 atom stereocenters. The van der Waals surface area contributed by atoms with Crippen LogP contribution in [-0.2, 0) is 14.3 Å². The summed E-state index contributed by atoms with van der Waals surface area (Å²) < 4.78 is 4.80. The average molecular weight is 217 g/mol. The summed E-state index contributed by atoms with van der Waals surface area (Å²) in [6, 6.07) is -0.553. The fourth-order valence-electron chi connectivity index (χ4n) is 0.931. The molecule has 6 nitrogen and oxygen atoms in total. The lowest BCUT2D eigenvalue weighted by molar-refractivity contribution is -0.123. The fraction of sp³-hybridized carbons (Fsp3) is 0.778. The summed E-state index contributed by atoms with van der Waals surface area (Å²) in [5, 5.41) is 5.18. The van der Waals surface area contributed by atoms with Crippen LogP contribution in [0.4, 0.5) is 0 Å². The highest BCUT2D eigenvalue weighted by atomic mass is 16.5. The average Bonchev–Trinajstić information content (AvgIpc) is 2.20. The van der Waals surface area contributed by atoms with Crippen LogP contribution in [0.15, 0.2) is 0 Å². The standard InChI is InChI=1S/C9H19N3O3/c1-7(13)11-4-5-12-9(14)8(10)3-6-15-2/h8H,3-6,10H2,1-2H3,(H,11,13)(H,12,14). The van der Waals surface area contributed by atoms with Crippen LogP contribution in [-0.4, -0.2) is 44.7 Å². The van der Waals surface area contributed by atoms with E-state index in [0.717, 1.165) is 0 Å². The molecule has 0 saturated carbocycles. The number of amides is 2. The zero-order valence-corrected chi connectivity index (χ0v) is 9.21. The second-order valence-electron chi connectivity index (χ2n) is 3.16. The van der Waals surface area contributed by atoms with Gasteiger partial charge >= 0.3 is 0 Å². The van der Waals surface area contributed by atoms with E-state index in [1.165, 1.54) is 6.92 Å². The van der Waals surface area contributed by atoms with Crippen LogP contribution in [0.2, 0.25) is 0 Å². The fourth-order valence-corrected chi connectivity index (χ4v) is 0.931. The van der Waals surface area contributed by atoms with Crippen molar-refractivity contribution in [2.75, 3.05) is 26.8 Å². The van der Waals surface area contributed by atoms with Crippen molar-refractivity contribution in [1.29, 1.82) is 0 Å². The molecule has 15 heavy (non-hydrogen) atoms. The molecule has 1 unspecified atom stereocenters. The Balaban J connectivity index is 3.51. The minimum Gasteiger partial charge on any atom is -0.385 e. The number of methoxy groups -OCH3 is 1. The molecule has 0 spiro atoms. The van der Waals surface area contributed by atoms with E-state index < -0.39 is 6.04 Å². The lowest BCUT2D eigenvalue weighted by Gasteiger charge is -2.11. The second-order valence-corrected chi connectivity index (χ2v) is 3.16.